The number of likely N-dealkylation sites (tertiary alicyclic amines) is 1. The van der Waals surface area contributed by atoms with Crippen LogP contribution in [0.2, 0.25) is 0 Å². The summed E-state index contributed by atoms with van der Waals surface area (Å²) in [7, 11) is -3.78. The highest BCUT2D eigenvalue weighted by Gasteiger charge is 2.32. The zero-order chi connectivity index (χ0) is 20.6. The van der Waals surface area contributed by atoms with Crippen LogP contribution in [-0.2, 0) is 21.4 Å². The summed E-state index contributed by atoms with van der Waals surface area (Å²) in [6, 6.07) is 5.20. The SMILES string of the molecule is CCn1c(S[C@@H](C)C(=O)N2[C@H](C)CCC[C@@H]2C)nc2cc(S(N)(=O)=O)ccc21. The molecule has 0 bridgehead atoms. The lowest BCUT2D eigenvalue weighted by atomic mass is 9.97. The molecule has 28 heavy (non-hydrogen) atoms. The molecule has 2 heterocycles. The van der Waals surface area contributed by atoms with Gasteiger partial charge in [-0.25, -0.2) is 18.5 Å². The van der Waals surface area contributed by atoms with Crippen LogP contribution in [0.1, 0.15) is 47.0 Å². The van der Waals surface area contributed by atoms with Gasteiger partial charge < -0.3 is 9.47 Å². The number of aryl methyl sites for hydroxylation is 1. The van der Waals surface area contributed by atoms with Crippen LogP contribution in [0.25, 0.3) is 11.0 Å². The van der Waals surface area contributed by atoms with Crippen LogP contribution >= 0.6 is 11.8 Å². The summed E-state index contributed by atoms with van der Waals surface area (Å²) < 4.78 is 25.3. The summed E-state index contributed by atoms with van der Waals surface area (Å²) in [6.45, 7) is 8.81. The molecule has 1 fully saturated rings. The maximum atomic E-state index is 13.1. The minimum absolute atomic E-state index is 0.0393. The Bertz CT molecular complexity index is 976. The maximum absolute atomic E-state index is 13.1. The van der Waals surface area contributed by atoms with Gasteiger partial charge in [0.15, 0.2) is 5.16 Å². The van der Waals surface area contributed by atoms with Crippen molar-refractivity contribution in [1.29, 1.82) is 0 Å². The molecular formula is C19H28N4O3S2. The number of carbonyl (C=O) groups excluding carboxylic acids is 1. The Morgan fingerprint density at radius 3 is 2.54 bits per heavy atom. The Balaban J connectivity index is 1.89. The van der Waals surface area contributed by atoms with Crippen molar-refractivity contribution in [2.45, 2.75) is 80.9 Å². The molecule has 2 N–H and O–H groups in total. The van der Waals surface area contributed by atoms with Gasteiger partial charge in [0.1, 0.15) is 0 Å². The van der Waals surface area contributed by atoms with Gasteiger partial charge in [0.05, 0.1) is 21.2 Å². The lowest BCUT2D eigenvalue weighted by Crippen LogP contribution is -2.50. The number of amides is 1. The number of nitrogens with zero attached hydrogens (tertiary/aromatic N) is 3. The third-order valence-electron chi connectivity index (χ3n) is 5.41. The molecule has 3 rings (SSSR count). The summed E-state index contributed by atoms with van der Waals surface area (Å²) in [5, 5.41) is 5.67. The van der Waals surface area contributed by atoms with Crippen LogP contribution in [0.3, 0.4) is 0 Å². The Morgan fingerprint density at radius 2 is 1.96 bits per heavy atom. The van der Waals surface area contributed by atoms with Crippen molar-refractivity contribution in [1.82, 2.24) is 14.5 Å². The molecule has 0 aliphatic carbocycles. The molecule has 0 saturated carbocycles. The third-order valence-corrected chi connectivity index (χ3v) is 7.40. The van der Waals surface area contributed by atoms with E-state index in [0.717, 1.165) is 24.8 Å². The van der Waals surface area contributed by atoms with Crippen LogP contribution in [0.4, 0.5) is 0 Å². The van der Waals surface area contributed by atoms with Gasteiger partial charge in [-0.3, -0.25) is 4.79 Å². The zero-order valence-electron chi connectivity index (χ0n) is 16.8. The van der Waals surface area contributed by atoms with E-state index < -0.39 is 10.0 Å². The quantitative estimate of drug-likeness (QED) is 0.744. The number of piperidine rings is 1. The number of hydrogen-bond donors (Lipinski definition) is 1. The van der Waals surface area contributed by atoms with Crippen LogP contribution in [0.15, 0.2) is 28.3 Å². The zero-order valence-corrected chi connectivity index (χ0v) is 18.4. The second kappa shape index (κ2) is 8.04. The minimum atomic E-state index is -3.78. The van der Waals surface area contributed by atoms with Gasteiger partial charge in [-0.1, -0.05) is 11.8 Å². The first-order valence-electron chi connectivity index (χ1n) is 9.65. The van der Waals surface area contributed by atoms with Crippen molar-refractivity contribution in [3.8, 4) is 0 Å². The number of sulfonamides is 1. The molecule has 154 valence electrons. The van der Waals surface area contributed by atoms with Crippen molar-refractivity contribution in [2.24, 2.45) is 5.14 Å². The van der Waals surface area contributed by atoms with Crippen molar-refractivity contribution < 1.29 is 13.2 Å². The summed E-state index contributed by atoms with van der Waals surface area (Å²) >= 11 is 1.42. The van der Waals surface area contributed by atoms with Crippen LogP contribution in [-0.4, -0.2) is 46.1 Å². The first-order chi connectivity index (χ1) is 13.1. The molecule has 1 aliphatic heterocycles. The standard InChI is InChI=1S/C19H28N4O3S2/c1-5-22-17-10-9-15(28(20,25)26)11-16(17)21-19(22)27-14(4)18(24)23-12(2)7-6-8-13(23)3/h9-14H,5-8H2,1-4H3,(H2,20,25,26)/t12-,13+,14-/m0/s1. The summed E-state index contributed by atoms with van der Waals surface area (Å²) in [6.07, 6.45) is 3.24. The highest BCUT2D eigenvalue weighted by Crippen LogP contribution is 2.31. The van der Waals surface area contributed by atoms with E-state index in [1.165, 1.54) is 23.9 Å². The molecule has 3 atom stereocenters. The van der Waals surface area contributed by atoms with Crippen LogP contribution in [0.5, 0.6) is 0 Å². The number of thioether (sulfide) groups is 1. The highest BCUT2D eigenvalue weighted by molar-refractivity contribution is 8.00. The molecule has 1 amide bonds. The molecule has 0 radical (unpaired) electrons. The monoisotopic (exact) mass is 424 g/mol. The van der Waals surface area contributed by atoms with Gasteiger partial charge in [0.25, 0.3) is 0 Å². The number of benzene rings is 1. The molecule has 2 aromatic rings. The van der Waals surface area contributed by atoms with E-state index in [-0.39, 0.29) is 28.1 Å². The fourth-order valence-corrected chi connectivity index (χ4v) is 5.51. The predicted molar refractivity (Wildman–Crippen MR) is 112 cm³/mol. The number of fused-ring (bicyclic) bond motifs is 1. The second-order valence-electron chi connectivity index (χ2n) is 7.47. The Kier molecular flexibility index (Phi) is 6.07. The fraction of sp³-hybridized carbons (Fsp3) is 0.579. The largest absolute Gasteiger partial charge is 0.336 e. The van der Waals surface area contributed by atoms with Gasteiger partial charge in [0.2, 0.25) is 15.9 Å². The van der Waals surface area contributed by atoms with E-state index in [0.29, 0.717) is 17.2 Å². The normalized spacial score (nSPS) is 21.8. The number of carbonyl (C=O) groups is 1. The number of nitrogens with two attached hydrogens (primary N) is 1. The number of imidazole rings is 1. The topological polar surface area (TPSA) is 98.3 Å². The number of hydrogen-bond acceptors (Lipinski definition) is 5. The number of primary sulfonamides is 1. The first-order valence-corrected chi connectivity index (χ1v) is 12.1. The van der Waals surface area contributed by atoms with E-state index in [1.807, 2.05) is 23.3 Å². The van der Waals surface area contributed by atoms with Gasteiger partial charge >= 0.3 is 0 Å². The molecule has 1 aromatic carbocycles. The van der Waals surface area contributed by atoms with Gasteiger partial charge in [-0.15, -0.1) is 0 Å². The molecule has 0 spiro atoms. The number of rotatable bonds is 5. The predicted octanol–water partition coefficient (Wildman–Crippen LogP) is 2.97. The van der Waals surface area contributed by atoms with Crippen LogP contribution in [0, 0.1) is 0 Å². The summed E-state index contributed by atoms with van der Waals surface area (Å²) in [4.78, 5) is 19.7. The van der Waals surface area contributed by atoms with E-state index in [9.17, 15) is 13.2 Å². The lowest BCUT2D eigenvalue weighted by molar-refractivity contribution is -0.136. The maximum Gasteiger partial charge on any atom is 0.238 e. The summed E-state index contributed by atoms with van der Waals surface area (Å²) in [5.74, 6) is 0.129. The Hall–Kier alpha value is -1.58. The molecule has 0 unspecified atom stereocenters. The molecule has 1 saturated heterocycles. The molecular weight excluding hydrogens is 396 g/mol. The first kappa shape index (κ1) is 21.1. The van der Waals surface area contributed by atoms with Gasteiger partial charge in [0, 0.05) is 18.6 Å². The second-order valence-corrected chi connectivity index (χ2v) is 10.3. The van der Waals surface area contributed by atoms with Crippen LogP contribution < -0.4 is 5.14 Å². The smallest absolute Gasteiger partial charge is 0.238 e. The Labute approximate surface area is 170 Å². The van der Waals surface area contributed by atoms with Crippen molar-refractivity contribution in [3.05, 3.63) is 18.2 Å². The van der Waals surface area contributed by atoms with Gasteiger partial charge in [-0.2, -0.15) is 0 Å². The Morgan fingerprint density at radius 1 is 1.32 bits per heavy atom. The summed E-state index contributed by atoms with van der Waals surface area (Å²) in [5.41, 5.74) is 1.40. The van der Waals surface area contributed by atoms with E-state index >= 15 is 0 Å². The number of aromatic nitrogens is 2. The van der Waals surface area contributed by atoms with Crippen molar-refractivity contribution >= 4 is 38.7 Å². The molecule has 1 aliphatic rings. The highest BCUT2D eigenvalue weighted by atomic mass is 32.2. The van der Waals surface area contributed by atoms with E-state index in [4.69, 9.17) is 5.14 Å². The average molecular weight is 425 g/mol. The van der Waals surface area contributed by atoms with Crippen molar-refractivity contribution in [3.63, 3.8) is 0 Å². The molecule has 1 aromatic heterocycles. The third kappa shape index (κ3) is 4.06. The van der Waals surface area contributed by atoms with E-state index in [1.54, 1.807) is 6.07 Å². The lowest BCUT2D eigenvalue weighted by Gasteiger charge is -2.40. The van der Waals surface area contributed by atoms with E-state index in [2.05, 4.69) is 18.8 Å². The van der Waals surface area contributed by atoms with Crippen molar-refractivity contribution in [2.75, 3.05) is 0 Å². The average Bonchev–Trinajstić information content (AvgIpc) is 2.96. The van der Waals surface area contributed by atoms with Gasteiger partial charge in [-0.05, 0) is 65.2 Å². The fourth-order valence-electron chi connectivity index (χ4n) is 3.93. The molecule has 7 nitrogen and oxygen atoms in total. The molecule has 9 heteroatoms. The minimum Gasteiger partial charge on any atom is -0.336 e.